The Bertz CT molecular complexity index is 1720. The summed E-state index contributed by atoms with van der Waals surface area (Å²) < 4.78 is 7.68. The van der Waals surface area contributed by atoms with Crippen LogP contribution in [0.4, 0.5) is 5.95 Å². The number of anilines is 1. The van der Waals surface area contributed by atoms with Crippen LogP contribution in [0.5, 0.6) is 0 Å². The summed E-state index contributed by atoms with van der Waals surface area (Å²) in [5.74, 6) is 1.25. The summed E-state index contributed by atoms with van der Waals surface area (Å²) >= 11 is 0. The topological polar surface area (TPSA) is 102 Å². The Balaban J connectivity index is 1.24. The minimum absolute atomic E-state index is 0.430. The fourth-order valence-corrected chi connectivity index (χ4v) is 6.74. The number of pyridine rings is 2. The van der Waals surface area contributed by atoms with Gasteiger partial charge in [-0.2, -0.15) is 0 Å². The molecular formula is C32H32N6O2. The second kappa shape index (κ2) is 8.83. The third kappa shape index (κ3) is 3.82. The first-order chi connectivity index (χ1) is 19.5. The summed E-state index contributed by atoms with van der Waals surface area (Å²) in [5.41, 5.74) is 13.5. The highest BCUT2D eigenvalue weighted by atomic mass is 16.5. The number of benzene rings is 2. The third-order valence-corrected chi connectivity index (χ3v) is 9.03. The number of rotatable bonds is 5. The van der Waals surface area contributed by atoms with Crippen molar-refractivity contribution in [2.45, 2.75) is 36.8 Å². The minimum Gasteiger partial charge on any atom is -0.389 e. The van der Waals surface area contributed by atoms with Crippen LogP contribution in [0.3, 0.4) is 0 Å². The van der Waals surface area contributed by atoms with Gasteiger partial charge in [0.05, 0.1) is 35.5 Å². The number of hydrogen-bond donors (Lipinski definition) is 2. The number of aromatic nitrogens is 4. The molecule has 1 saturated heterocycles. The van der Waals surface area contributed by atoms with Gasteiger partial charge in [0.2, 0.25) is 5.95 Å². The molecule has 8 nitrogen and oxygen atoms in total. The average molecular weight is 533 g/mol. The van der Waals surface area contributed by atoms with Gasteiger partial charge in [-0.1, -0.05) is 54.6 Å². The second-order valence-electron chi connectivity index (χ2n) is 11.7. The van der Waals surface area contributed by atoms with Crippen molar-refractivity contribution in [3.05, 3.63) is 78.4 Å². The molecule has 202 valence electrons. The molecule has 8 heteroatoms. The molecule has 3 aliphatic rings. The maximum atomic E-state index is 10.9. The molecule has 0 amide bonds. The number of fused-ring (bicyclic) bond motifs is 3. The maximum Gasteiger partial charge on any atom is 0.232 e. The number of nitrogens with two attached hydrogens (primary N) is 1. The number of morpholine rings is 1. The zero-order chi connectivity index (χ0) is 26.9. The molecule has 0 unspecified atom stereocenters. The molecule has 2 aliphatic carbocycles. The molecule has 0 bridgehead atoms. The Kier molecular flexibility index (Phi) is 5.29. The number of hydrogen-bond acceptors (Lipinski definition) is 7. The highest BCUT2D eigenvalue weighted by Crippen LogP contribution is 2.57. The van der Waals surface area contributed by atoms with Crippen molar-refractivity contribution < 1.29 is 9.84 Å². The Morgan fingerprint density at radius 2 is 1.62 bits per heavy atom. The Labute approximate surface area is 232 Å². The second-order valence-corrected chi connectivity index (χ2v) is 11.7. The van der Waals surface area contributed by atoms with E-state index < -0.39 is 11.1 Å². The van der Waals surface area contributed by atoms with Crippen LogP contribution >= 0.6 is 0 Å². The predicted molar refractivity (Wildman–Crippen MR) is 155 cm³/mol. The Hall–Kier alpha value is -3.85. The van der Waals surface area contributed by atoms with E-state index in [0.29, 0.717) is 32.0 Å². The standard InChI is InChI=1S/C32H32N6O2/c33-31(19-32(39,20-31)24-10-11-24)23-8-6-22(7-9-23)29-25(21-4-2-1-3-5-21)18-27-26(34-29)12-13-28-35-36-30(38(27)28)37-14-16-40-17-15-37/h1-9,12-13,18,24,39H,10-11,14-17,19-20,33H2. The Morgan fingerprint density at radius 3 is 2.35 bits per heavy atom. The number of nitrogens with zero attached hydrogens (tertiary/aromatic N) is 5. The normalized spacial score (nSPS) is 24.9. The molecule has 1 aliphatic heterocycles. The van der Waals surface area contributed by atoms with Crippen LogP contribution in [-0.2, 0) is 10.3 Å². The molecule has 5 aromatic rings. The van der Waals surface area contributed by atoms with Gasteiger partial charge in [-0.15, -0.1) is 10.2 Å². The fraction of sp³-hybridized carbons (Fsp3) is 0.344. The van der Waals surface area contributed by atoms with Gasteiger partial charge in [0, 0.05) is 29.8 Å². The monoisotopic (exact) mass is 532 g/mol. The van der Waals surface area contributed by atoms with Gasteiger partial charge < -0.3 is 20.5 Å². The fourth-order valence-electron chi connectivity index (χ4n) is 6.74. The zero-order valence-corrected chi connectivity index (χ0v) is 22.3. The lowest BCUT2D eigenvalue weighted by Crippen LogP contribution is -2.60. The lowest BCUT2D eigenvalue weighted by Gasteiger charge is -2.52. The largest absolute Gasteiger partial charge is 0.389 e. The van der Waals surface area contributed by atoms with E-state index >= 15 is 0 Å². The van der Waals surface area contributed by atoms with E-state index in [1.807, 2.05) is 18.2 Å². The van der Waals surface area contributed by atoms with Crippen molar-refractivity contribution in [2.24, 2.45) is 11.7 Å². The molecule has 3 aromatic heterocycles. The molecule has 3 fully saturated rings. The predicted octanol–water partition coefficient (Wildman–Crippen LogP) is 4.54. The molecule has 8 rings (SSSR count). The van der Waals surface area contributed by atoms with Gasteiger partial charge in [-0.05, 0) is 60.9 Å². The van der Waals surface area contributed by atoms with Crippen LogP contribution in [0, 0.1) is 5.92 Å². The first-order valence-corrected chi connectivity index (χ1v) is 14.2. The molecule has 2 saturated carbocycles. The maximum absolute atomic E-state index is 10.9. The lowest BCUT2D eigenvalue weighted by molar-refractivity contribution is -0.106. The first kappa shape index (κ1) is 24.0. The van der Waals surface area contributed by atoms with Crippen molar-refractivity contribution in [3.8, 4) is 22.4 Å². The van der Waals surface area contributed by atoms with Crippen molar-refractivity contribution in [2.75, 3.05) is 31.2 Å². The van der Waals surface area contributed by atoms with Crippen LogP contribution in [0.2, 0.25) is 0 Å². The molecule has 0 atom stereocenters. The van der Waals surface area contributed by atoms with Crippen LogP contribution in [0.15, 0.2) is 72.8 Å². The van der Waals surface area contributed by atoms with E-state index in [1.54, 1.807) is 0 Å². The molecule has 3 N–H and O–H groups in total. The van der Waals surface area contributed by atoms with E-state index in [-0.39, 0.29) is 0 Å². The summed E-state index contributed by atoms with van der Waals surface area (Å²) in [6, 6.07) is 25.1. The van der Waals surface area contributed by atoms with Gasteiger partial charge >= 0.3 is 0 Å². The highest BCUT2D eigenvalue weighted by molar-refractivity contribution is 5.91. The average Bonchev–Trinajstić information content (AvgIpc) is 3.76. The van der Waals surface area contributed by atoms with Crippen LogP contribution in [-0.4, -0.2) is 56.6 Å². The van der Waals surface area contributed by atoms with Gasteiger partial charge in [-0.3, -0.25) is 4.40 Å². The van der Waals surface area contributed by atoms with Crippen molar-refractivity contribution in [3.63, 3.8) is 0 Å². The van der Waals surface area contributed by atoms with Gasteiger partial charge in [0.1, 0.15) is 0 Å². The van der Waals surface area contributed by atoms with Gasteiger partial charge in [0.15, 0.2) is 5.65 Å². The SMILES string of the molecule is NC1(c2ccc(-c3nc4ccc5nnc(N6CCOCC6)n5c4cc3-c3ccccc3)cc2)CC(O)(C2CC2)C1. The van der Waals surface area contributed by atoms with E-state index in [9.17, 15) is 5.11 Å². The first-order valence-electron chi connectivity index (χ1n) is 14.2. The smallest absolute Gasteiger partial charge is 0.232 e. The Morgan fingerprint density at radius 1 is 0.875 bits per heavy atom. The highest BCUT2D eigenvalue weighted by Gasteiger charge is 2.58. The van der Waals surface area contributed by atoms with Crippen molar-refractivity contribution in [1.29, 1.82) is 0 Å². The summed E-state index contributed by atoms with van der Waals surface area (Å²) in [6.45, 7) is 2.91. The van der Waals surface area contributed by atoms with Crippen molar-refractivity contribution in [1.82, 2.24) is 19.6 Å². The van der Waals surface area contributed by atoms with Crippen LogP contribution < -0.4 is 10.6 Å². The number of ether oxygens (including phenoxy) is 1. The van der Waals surface area contributed by atoms with Crippen LogP contribution in [0.1, 0.15) is 31.2 Å². The van der Waals surface area contributed by atoms with Gasteiger partial charge in [0.25, 0.3) is 0 Å². The summed E-state index contributed by atoms with van der Waals surface area (Å²) in [6.07, 6.45) is 3.51. The van der Waals surface area contributed by atoms with E-state index in [1.165, 1.54) is 0 Å². The zero-order valence-electron chi connectivity index (χ0n) is 22.3. The van der Waals surface area contributed by atoms with Gasteiger partial charge in [-0.25, -0.2) is 4.98 Å². The molecule has 40 heavy (non-hydrogen) atoms. The van der Waals surface area contributed by atoms with E-state index in [2.05, 4.69) is 74.1 Å². The minimum atomic E-state index is -0.582. The molecular weight excluding hydrogens is 500 g/mol. The van der Waals surface area contributed by atoms with Crippen molar-refractivity contribution >= 4 is 22.6 Å². The summed E-state index contributed by atoms with van der Waals surface area (Å²) in [7, 11) is 0. The number of aliphatic hydroxyl groups is 1. The lowest BCUT2D eigenvalue weighted by atomic mass is 9.60. The summed E-state index contributed by atoms with van der Waals surface area (Å²) in [5, 5.41) is 19.9. The van der Waals surface area contributed by atoms with E-state index in [4.69, 9.17) is 15.5 Å². The molecule has 0 spiro atoms. The molecule has 0 radical (unpaired) electrons. The molecule has 4 heterocycles. The van der Waals surface area contributed by atoms with Crippen LogP contribution in [0.25, 0.3) is 39.1 Å². The molecule has 2 aromatic carbocycles. The quantitative estimate of drug-likeness (QED) is 0.343. The third-order valence-electron chi connectivity index (χ3n) is 9.03. The van der Waals surface area contributed by atoms with E-state index in [0.717, 1.165) is 76.5 Å². The summed E-state index contributed by atoms with van der Waals surface area (Å²) in [4.78, 5) is 7.45.